The second-order valence-electron chi connectivity index (χ2n) is 4.24. The molecule has 0 fully saturated rings. The largest absolute Gasteiger partial charge is 0.469 e. The molecule has 0 saturated carbocycles. The van der Waals surface area contributed by atoms with Crippen molar-refractivity contribution >= 4 is 11.3 Å². The summed E-state index contributed by atoms with van der Waals surface area (Å²) in [6.45, 7) is 4.56. The van der Waals surface area contributed by atoms with E-state index in [-0.39, 0.29) is 0 Å². The van der Waals surface area contributed by atoms with Crippen molar-refractivity contribution in [3.05, 3.63) is 23.1 Å². The molecule has 0 bridgehead atoms. The maximum Gasteiger partial charge on any atom is 0.151 e. The molecule has 2 aromatic rings. The molecule has 19 heavy (non-hydrogen) atoms. The molecule has 0 atom stereocenters. The lowest BCUT2D eigenvalue weighted by Gasteiger charge is -2.01. The summed E-state index contributed by atoms with van der Waals surface area (Å²) in [6.07, 6.45) is 3.70. The van der Waals surface area contributed by atoms with E-state index < -0.39 is 0 Å². The zero-order valence-corrected chi connectivity index (χ0v) is 12.1. The summed E-state index contributed by atoms with van der Waals surface area (Å²) in [5.74, 6) is 0.893. The molecule has 104 valence electrons. The smallest absolute Gasteiger partial charge is 0.151 e. The van der Waals surface area contributed by atoms with E-state index in [2.05, 4.69) is 15.5 Å². The van der Waals surface area contributed by atoms with Gasteiger partial charge in [0, 0.05) is 20.1 Å². The Kier molecular flexibility index (Phi) is 5.50. The van der Waals surface area contributed by atoms with Crippen molar-refractivity contribution in [1.82, 2.24) is 15.5 Å². The summed E-state index contributed by atoms with van der Waals surface area (Å²) in [7, 11) is 1.71. The van der Waals surface area contributed by atoms with Crippen LogP contribution in [0.25, 0.3) is 10.6 Å². The fourth-order valence-corrected chi connectivity index (χ4v) is 2.69. The van der Waals surface area contributed by atoms with Gasteiger partial charge in [-0.2, -0.15) is 0 Å². The van der Waals surface area contributed by atoms with Gasteiger partial charge in [-0.3, -0.25) is 0 Å². The van der Waals surface area contributed by atoms with Gasteiger partial charge in [-0.1, -0.05) is 11.3 Å². The first-order valence-corrected chi connectivity index (χ1v) is 7.19. The predicted molar refractivity (Wildman–Crippen MR) is 75.4 cm³/mol. The van der Waals surface area contributed by atoms with Crippen LogP contribution in [0.15, 0.2) is 16.7 Å². The summed E-state index contributed by atoms with van der Waals surface area (Å²) >= 11 is 1.64. The van der Waals surface area contributed by atoms with Gasteiger partial charge in [0.15, 0.2) is 5.01 Å². The van der Waals surface area contributed by atoms with Crippen LogP contribution in [0.4, 0.5) is 0 Å². The Bertz CT molecular complexity index is 496. The number of furan rings is 1. The van der Waals surface area contributed by atoms with Crippen LogP contribution in [0.3, 0.4) is 0 Å². The second kappa shape index (κ2) is 7.37. The van der Waals surface area contributed by atoms with Gasteiger partial charge in [0.25, 0.3) is 0 Å². The Hall–Kier alpha value is -1.24. The van der Waals surface area contributed by atoms with Gasteiger partial charge in [-0.05, 0) is 26.0 Å². The van der Waals surface area contributed by atoms with Crippen LogP contribution < -0.4 is 5.32 Å². The minimum atomic E-state index is 0.753. The molecule has 5 nitrogen and oxygen atoms in total. The molecular formula is C13H19N3O2S. The van der Waals surface area contributed by atoms with Crippen molar-refractivity contribution < 1.29 is 9.15 Å². The molecule has 2 heterocycles. The Morgan fingerprint density at radius 2 is 2.26 bits per heavy atom. The first kappa shape index (κ1) is 14.2. The molecule has 0 spiro atoms. The molecule has 2 aromatic heterocycles. The van der Waals surface area contributed by atoms with Crippen molar-refractivity contribution in [2.75, 3.05) is 26.8 Å². The van der Waals surface area contributed by atoms with Crippen molar-refractivity contribution in [2.45, 2.75) is 19.8 Å². The lowest BCUT2D eigenvalue weighted by atomic mass is 10.3. The highest BCUT2D eigenvalue weighted by atomic mass is 32.1. The van der Waals surface area contributed by atoms with E-state index in [4.69, 9.17) is 9.15 Å². The third-order valence-electron chi connectivity index (χ3n) is 2.78. The van der Waals surface area contributed by atoms with E-state index in [9.17, 15) is 0 Å². The lowest BCUT2D eigenvalue weighted by molar-refractivity contribution is 0.199. The molecule has 6 heteroatoms. The van der Waals surface area contributed by atoms with E-state index >= 15 is 0 Å². The highest BCUT2D eigenvalue weighted by Crippen LogP contribution is 2.27. The molecule has 0 radical (unpaired) electrons. The van der Waals surface area contributed by atoms with Crippen LogP contribution in [-0.4, -0.2) is 37.0 Å². The maximum absolute atomic E-state index is 5.28. The summed E-state index contributed by atoms with van der Waals surface area (Å²) in [5, 5.41) is 13.8. The second-order valence-corrected chi connectivity index (χ2v) is 5.30. The topological polar surface area (TPSA) is 60.2 Å². The molecule has 0 saturated heterocycles. The van der Waals surface area contributed by atoms with E-state index in [1.807, 2.05) is 13.0 Å². The third-order valence-corrected chi connectivity index (χ3v) is 3.80. The van der Waals surface area contributed by atoms with Crippen LogP contribution in [0.1, 0.15) is 17.2 Å². The van der Waals surface area contributed by atoms with Crippen molar-refractivity contribution in [2.24, 2.45) is 0 Å². The van der Waals surface area contributed by atoms with Gasteiger partial charge in [-0.15, -0.1) is 10.2 Å². The number of methoxy groups -OCH3 is 1. The molecule has 0 aliphatic rings. The first-order valence-electron chi connectivity index (χ1n) is 6.37. The Morgan fingerprint density at radius 3 is 3.00 bits per heavy atom. The molecular weight excluding hydrogens is 262 g/mol. The third kappa shape index (κ3) is 4.12. The Labute approximate surface area is 117 Å². The number of nitrogens with one attached hydrogen (secondary N) is 1. The average molecular weight is 281 g/mol. The quantitative estimate of drug-likeness (QED) is 0.752. The van der Waals surface area contributed by atoms with Gasteiger partial charge in [0.2, 0.25) is 0 Å². The molecule has 1 N–H and O–H groups in total. The molecule has 0 aliphatic carbocycles. The minimum Gasteiger partial charge on any atom is -0.469 e. The first-order chi connectivity index (χ1) is 9.31. The Morgan fingerprint density at radius 1 is 1.37 bits per heavy atom. The van der Waals surface area contributed by atoms with Crippen molar-refractivity contribution in [3.8, 4) is 10.6 Å². The van der Waals surface area contributed by atoms with Gasteiger partial charge < -0.3 is 14.5 Å². The molecule has 2 rings (SSSR count). The number of rotatable bonds is 8. The summed E-state index contributed by atoms with van der Waals surface area (Å²) in [4.78, 5) is 0. The fourth-order valence-electron chi connectivity index (χ4n) is 1.73. The fraction of sp³-hybridized carbons (Fsp3) is 0.538. The average Bonchev–Trinajstić information content (AvgIpc) is 3.02. The minimum absolute atomic E-state index is 0.753. The van der Waals surface area contributed by atoms with Crippen molar-refractivity contribution in [1.29, 1.82) is 0 Å². The normalized spacial score (nSPS) is 11.1. The van der Waals surface area contributed by atoms with Gasteiger partial charge in [0.1, 0.15) is 10.8 Å². The van der Waals surface area contributed by atoms with Crippen LogP contribution in [0.5, 0.6) is 0 Å². The standard InChI is InChI=1S/C13H19N3O2S/c1-10-11(5-8-18-10)13-16-15-12(19-13)4-3-6-14-7-9-17-2/h5,8,14H,3-4,6-7,9H2,1-2H3. The lowest BCUT2D eigenvalue weighted by Crippen LogP contribution is -2.20. The number of hydrogen-bond donors (Lipinski definition) is 1. The summed E-state index contributed by atoms with van der Waals surface area (Å²) in [6, 6.07) is 1.94. The number of aromatic nitrogens is 2. The number of hydrogen-bond acceptors (Lipinski definition) is 6. The Balaban J connectivity index is 1.77. The molecule has 0 amide bonds. The zero-order chi connectivity index (χ0) is 13.5. The van der Waals surface area contributed by atoms with Gasteiger partial charge in [-0.25, -0.2) is 0 Å². The zero-order valence-electron chi connectivity index (χ0n) is 11.3. The highest BCUT2D eigenvalue weighted by Gasteiger charge is 2.10. The predicted octanol–water partition coefficient (Wildman–Crippen LogP) is 2.28. The number of ether oxygens (including phenoxy) is 1. The van der Waals surface area contributed by atoms with Crippen LogP contribution in [-0.2, 0) is 11.2 Å². The van der Waals surface area contributed by atoms with E-state index in [0.29, 0.717) is 0 Å². The molecule has 0 aromatic carbocycles. The van der Waals surface area contributed by atoms with E-state index in [1.165, 1.54) is 0 Å². The monoisotopic (exact) mass is 281 g/mol. The highest BCUT2D eigenvalue weighted by molar-refractivity contribution is 7.14. The molecule has 0 aliphatic heterocycles. The number of nitrogens with zero attached hydrogens (tertiary/aromatic N) is 2. The maximum atomic E-state index is 5.28. The van der Waals surface area contributed by atoms with Crippen LogP contribution in [0.2, 0.25) is 0 Å². The molecule has 0 unspecified atom stereocenters. The summed E-state index contributed by atoms with van der Waals surface area (Å²) in [5.41, 5.74) is 1.04. The van der Waals surface area contributed by atoms with Gasteiger partial charge in [0.05, 0.1) is 18.4 Å². The summed E-state index contributed by atoms with van der Waals surface area (Å²) < 4.78 is 10.3. The van der Waals surface area contributed by atoms with E-state index in [0.717, 1.165) is 53.9 Å². The van der Waals surface area contributed by atoms with Crippen LogP contribution in [0, 0.1) is 6.92 Å². The van der Waals surface area contributed by atoms with Crippen molar-refractivity contribution in [3.63, 3.8) is 0 Å². The van der Waals surface area contributed by atoms with Gasteiger partial charge >= 0.3 is 0 Å². The van der Waals surface area contributed by atoms with Crippen LogP contribution >= 0.6 is 11.3 Å². The number of aryl methyl sites for hydroxylation is 2. The van der Waals surface area contributed by atoms with E-state index in [1.54, 1.807) is 24.7 Å². The SMILES string of the molecule is COCCNCCCc1nnc(-c2ccoc2C)s1.